The summed E-state index contributed by atoms with van der Waals surface area (Å²) in [5.74, 6) is 1.74. The second-order valence-electron chi connectivity index (χ2n) is 9.40. The van der Waals surface area contributed by atoms with Gasteiger partial charge in [0.1, 0.15) is 24.7 Å². The van der Waals surface area contributed by atoms with E-state index in [1.54, 1.807) is 0 Å². The number of hydrogen-bond donors (Lipinski definition) is 1. The van der Waals surface area contributed by atoms with E-state index >= 15 is 0 Å². The van der Waals surface area contributed by atoms with Crippen molar-refractivity contribution in [2.75, 3.05) is 59.2 Å². The van der Waals surface area contributed by atoms with Crippen LogP contribution in [0.3, 0.4) is 0 Å². The summed E-state index contributed by atoms with van der Waals surface area (Å²) in [6, 6.07) is 16.5. The van der Waals surface area contributed by atoms with Crippen LogP contribution in [0.4, 0.5) is 0 Å². The Balaban J connectivity index is 1.19. The fourth-order valence-corrected chi connectivity index (χ4v) is 4.46. The number of rotatable bonds is 9. The highest BCUT2D eigenvalue weighted by Gasteiger charge is 2.31. The van der Waals surface area contributed by atoms with E-state index in [1.165, 1.54) is 11.1 Å². The molecule has 2 heterocycles. The molecule has 0 saturated carbocycles. The minimum atomic E-state index is -0.766. The van der Waals surface area contributed by atoms with E-state index < -0.39 is 5.60 Å². The number of aliphatic hydroxyl groups is 1. The molecule has 0 radical (unpaired) electrons. The molecule has 2 fully saturated rings. The summed E-state index contributed by atoms with van der Waals surface area (Å²) in [5.41, 5.74) is 1.72. The molecule has 2 aliphatic rings. The Morgan fingerprint density at radius 1 is 0.848 bits per heavy atom. The number of ether oxygens (including phenoxy) is 3. The third-order valence-corrected chi connectivity index (χ3v) is 6.65. The van der Waals surface area contributed by atoms with Crippen LogP contribution in [0.15, 0.2) is 48.5 Å². The Morgan fingerprint density at radius 3 is 2.30 bits per heavy atom. The van der Waals surface area contributed by atoms with Crippen molar-refractivity contribution in [3.05, 3.63) is 59.7 Å². The third-order valence-electron chi connectivity index (χ3n) is 6.65. The number of benzene rings is 2. The van der Waals surface area contributed by atoms with Crippen LogP contribution in [0.25, 0.3) is 0 Å². The van der Waals surface area contributed by atoms with Gasteiger partial charge in [0.2, 0.25) is 0 Å². The number of morpholine rings is 1. The summed E-state index contributed by atoms with van der Waals surface area (Å²) in [4.78, 5) is 4.81. The molecule has 0 bridgehead atoms. The standard InChI is InChI=1S/C27H38N2O4/c1-23-3-7-26(8-4-23)33-22-27(30)11-2-13-29(14-12-27)21-24-5-9-25(10-6-24)32-20-17-28-15-18-31-19-16-28/h3-10,30H,2,11-22H2,1H3. The second-order valence-corrected chi connectivity index (χ2v) is 9.40. The van der Waals surface area contributed by atoms with Gasteiger partial charge in [-0.2, -0.15) is 0 Å². The molecule has 2 aromatic carbocycles. The maximum absolute atomic E-state index is 11.1. The highest BCUT2D eigenvalue weighted by molar-refractivity contribution is 5.27. The van der Waals surface area contributed by atoms with Crippen LogP contribution in [0.2, 0.25) is 0 Å². The third kappa shape index (κ3) is 7.71. The first-order valence-corrected chi connectivity index (χ1v) is 12.2. The molecule has 0 spiro atoms. The summed E-state index contributed by atoms with van der Waals surface area (Å²) in [5, 5.41) is 11.1. The molecular formula is C27H38N2O4. The highest BCUT2D eigenvalue weighted by atomic mass is 16.5. The molecule has 0 aliphatic carbocycles. The lowest BCUT2D eigenvalue weighted by molar-refractivity contribution is -0.0168. The van der Waals surface area contributed by atoms with Gasteiger partial charge in [-0.1, -0.05) is 29.8 Å². The van der Waals surface area contributed by atoms with Crippen molar-refractivity contribution < 1.29 is 19.3 Å². The summed E-state index contributed by atoms with van der Waals surface area (Å²) in [6.45, 7) is 10.4. The molecule has 2 saturated heterocycles. The van der Waals surface area contributed by atoms with Crippen LogP contribution in [0.1, 0.15) is 30.4 Å². The van der Waals surface area contributed by atoms with Crippen LogP contribution in [-0.2, 0) is 11.3 Å². The van der Waals surface area contributed by atoms with Crippen molar-refractivity contribution in [2.24, 2.45) is 0 Å². The maximum atomic E-state index is 11.1. The van der Waals surface area contributed by atoms with Crippen molar-refractivity contribution in [2.45, 2.75) is 38.3 Å². The first-order chi connectivity index (χ1) is 16.1. The number of hydrogen-bond acceptors (Lipinski definition) is 6. The first-order valence-electron chi connectivity index (χ1n) is 12.2. The summed E-state index contributed by atoms with van der Waals surface area (Å²) in [6.07, 6.45) is 2.46. The monoisotopic (exact) mass is 454 g/mol. The second kappa shape index (κ2) is 11.8. The Hall–Kier alpha value is -2.12. The molecule has 1 atom stereocenters. The van der Waals surface area contributed by atoms with E-state index in [4.69, 9.17) is 14.2 Å². The van der Waals surface area contributed by atoms with Crippen LogP contribution in [0, 0.1) is 6.92 Å². The van der Waals surface area contributed by atoms with Crippen molar-refractivity contribution in [1.29, 1.82) is 0 Å². The van der Waals surface area contributed by atoms with Crippen molar-refractivity contribution >= 4 is 0 Å². The van der Waals surface area contributed by atoms with Gasteiger partial charge in [-0.25, -0.2) is 0 Å². The molecule has 33 heavy (non-hydrogen) atoms. The number of nitrogens with zero attached hydrogens (tertiary/aromatic N) is 2. The quantitative estimate of drug-likeness (QED) is 0.626. The minimum absolute atomic E-state index is 0.348. The van der Waals surface area contributed by atoms with Crippen LogP contribution in [0.5, 0.6) is 11.5 Å². The Bertz CT molecular complexity index is 836. The highest BCUT2D eigenvalue weighted by Crippen LogP contribution is 2.25. The maximum Gasteiger partial charge on any atom is 0.119 e. The predicted octanol–water partition coefficient (Wildman–Crippen LogP) is 3.50. The zero-order chi connectivity index (χ0) is 22.9. The Morgan fingerprint density at radius 2 is 1.55 bits per heavy atom. The fraction of sp³-hybridized carbons (Fsp3) is 0.556. The summed E-state index contributed by atoms with van der Waals surface area (Å²) in [7, 11) is 0. The van der Waals surface area contributed by atoms with Gasteiger partial charge in [0.15, 0.2) is 0 Å². The smallest absolute Gasteiger partial charge is 0.119 e. The van der Waals surface area contributed by atoms with Crippen LogP contribution < -0.4 is 9.47 Å². The summed E-state index contributed by atoms with van der Waals surface area (Å²) >= 11 is 0. The molecule has 0 aromatic heterocycles. The average Bonchev–Trinajstić information content (AvgIpc) is 3.02. The van der Waals surface area contributed by atoms with Gasteiger partial charge < -0.3 is 19.3 Å². The zero-order valence-corrected chi connectivity index (χ0v) is 19.9. The van der Waals surface area contributed by atoms with Gasteiger partial charge in [-0.05, 0) is 62.6 Å². The van der Waals surface area contributed by atoms with Crippen LogP contribution >= 0.6 is 0 Å². The minimum Gasteiger partial charge on any atom is -0.492 e. The topological polar surface area (TPSA) is 54.4 Å². The molecule has 6 nitrogen and oxygen atoms in total. The van der Waals surface area contributed by atoms with E-state index in [1.807, 2.05) is 24.3 Å². The zero-order valence-electron chi connectivity index (χ0n) is 19.9. The van der Waals surface area contributed by atoms with Gasteiger partial charge in [-0.3, -0.25) is 9.80 Å². The van der Waals surface area contributed by atoms with E-state index in [2.05, 4.69) is 41.0 Å². The lowest BCUT2D eigenvalue weighted by atomic mass is 9.96. The van der Waals surface area contributed by atoms with Crippen molar-refractivity contribution in [3.63, 3.8) is 0 Å². The van der Waals surface area contributed by atoms with Gasteiger partial charge in [0.25, 0.3) is 0 Å². The average molecular weight is 455 g/mol. The van der Waals surface area contributed by atoms with Gasteiger partial charge in [0.05, 0.1) is 18.8 Å². The lowest BCUT2D eigenvalue weighted by Gasteiger charge is -2.27. The predicted molar refractivity (Wildman–Crippen MR) is 130 cm³/mol. The fourth-order valence-electron chi connectivity index (χ4n) is 4.46. The van der Waals surface area contributed by atoms with Crippen molar-refractivity contribution in [1.82, 2.24) is 9.80 Å². The van der Waals surface area contributed by atoms with Gasteiger partial charge in [0, 0.05) is 32.7 Å². The number of aryl methyl sites for hydroxylation is 1. The van der Waals surface area contributed by atoms with Crippen LogP contribution in [-0.4, -0.2) is 79.7 Å². The normalized spacial score (nSPS) is 22.6. The molecule has 4 rings (SSSR count). The molecule has 2 aromatic rings. The van der Waals surface area contributed by atoms with E-state index in [0.29, 0.717) is 13.2 Å². The van der Waals surface area contributed by atoms with E-state index in [0.717, 1.165) is 83.2 Å². The van der Waals surface area contributed by atoms with Gasteiger partial charge in [-0.15, -0.1) is 0 Å². The molecule has 1 N–H and O–H groups in total. The molecule has 1 unspecified atom stereocenters. The molecule has 2 aliphatic heterocycles. The number of likely N-dealkylation sites (tertiary alicyclic amines) is 1. The largest absolute Gasteiger partial charge is 0.492 e. The van der Waals surface area contributed by atoms with E-state index in [9.17, 15) is 5.11 Å². The van der Waals surface area contributed by atoms with E-state index in [-0.39, 0.29) is 0 Å². The molecule has 0 amide bonds. The molecular weight excluding hydrogens is 416 g/mol. The Kier molecular flexibility index (Phi) is 8.62. The molecule has 6 heteroatoms. The molecule has 180 valence electrons. The SMILES string of the molecule is Cc1ccc(OCC2(O)CCCN(Cc3ccc(OCCN4CCOCC4)cc3)CC2)cc1. The Labute approximate surface area is 198 Å². The lowest BCUT2D eigenvalue weighted by Crippen LogP contribution is -2.38. The first kappa shape index (κ1) is 24.0. The van der Waals surface area contributed by atoms with Gasteiger partial charge >= 0.3 is 0 Å². The summed E-state index contributed by atoms with van der Waals surface area (Å²) < 4.78 is 17.2. The van der Waals surface area contributed by atoms with Crippen molar-refractivity contribution in [3.8, 4) is 11.5 Å².